The van der Waals surface area contributed by atoms with Gasteiger partial charge in [-0.15, -0.1) is 0 Å². The summed E-state index contributed by atoms with van der Waals surface area (Å²) >= 11 is -0.531. The number of halogens is 3. The van der Waals surface area contributed by atoms with E-state index in [9.17, 15) is 8.78 Å². The van der Waals surface area contributed by atoms with E-state index in [1.165, 1.54) is 11.1 Å². The average Bonchev–Trinajstić information content (AvgIpc) is 2.99. The van der Waals surface area contributed by atoms with Crippen molar-refractivity contribution >= 4 is 21.9 Å². The molecule has 1 aromatic heterocycles. The SMILES string of the molecule is Cc1ccc(C[I-]c2ccc3c(oc4c(F)c(C)ccc43)c2F)cc1. The molecule has 25 heavy (non-hydrogen) atoms. The topological polar surface area (TPSA) is 13.1 Å². The van der Waals surface area contributed by atoms with Crippen LogP contribution in [0.3, 0.4) is 0 Å². The Morgan fingerprint density at radius 1 is 0.800 bits per heavy atom. The van der Waals surface area contributed by atoms with Crippen LogP contribution in [-0.2, 0) is 4.43 Å². The molecule has 0 spiro atoms. The monoisotopic (exact) mass is 449 g/mol. The van der Waals surface area contributed by atoms with Gasteiger partial charge in [0.05, 0.1) is 0 Å². The van der Waals surface area contributed by atoms with E-state index in [0.717, 1.165) is 4.43 Å². The van der Waals surface area contributed by atoms with Crippen LogP contribution in [0, 0.1) is 29.1 Å². The zero-order chi connectivity index (χ0) is 17.6. The summed E-state index contributed by atoms with van der Waals surface area (Å²) in [6.45, 7) is 3.73. The van der Waals surface area contributed by atoms with E-state index in [1.54, 1.807) is 19.1 Å². The van der Waals surface area contributed by atoms with E-state index in [4.69, 9.17) is 4.42 Å². The van der Waals surface area contributed by atoms with E-state index in [2.05, 4.69) is 31.2 Å². The van der Waals surface area contributed by atoms with Gasteiger partial charge in [0.15, 0.2) is 0 Å². The maximum atomic E-state index is 14.9. The van der Waals surface area contributed by atoms with Crippen molar-refractivity contribution in [1.29, 1.82) is 0 Å². The first-order valence-electron chi connectivity index (χ1n) is 7.99. The van der Waals surface area contributed by atoms with E-state index in [1.807, 2.05) is 12.1 Å². The minimum absolute atomic E-state index is 0.141. The van der Waals surface area contributed by atoms with Crippen LogP contribution in [0.2, 0.25) is 0 Å². The molecule has 0 bridgehead atoms. The van der Waals surface area contributed by atoms with Gasteiger partial charge in [-0.1, -0.05) is 0 Å². The summed E-state index contributed by atoms with van der Waals surface area (Å²) < 4.78 is 36.3. The fourth-order valence-electron chi connectivity index (χ4n) is 2.84. The molecule has 0 saturated carbocycles. The second-order valence-electron chi connectivity index (χ2n) is 6.17. The molecule has 4 aromatic rings. The van der Waals surface area contributed by atoms with Crippen LogP contribution in [0.15, 0.2) is 52.9 Å². The summed E-state index contributed by atoms with van der Waals surface area (Å²) in [5, 5.41) is 1.26. The van der Waals surface area contributed by atoms with Gasteiger partial charge in [-0.25, -0.2) is 0 Å². The molecule has 4 heteroatoms. The van der Waals surface area contributed by atoms with Gasteiger partial charge in [-0.3, -0.25) is 0 Å². The molecule has 4 rings (SSSR count). The summed E-state index contributed by atoms with van der Waals surface area (Å²) in [7, 11) is 0. The molecule has 3 aromatic carbocycles. The zero-order valence-electron chi connectivity index (χ0n) is 13.9. The number of rotatable bonds is 3. The van der Waals surface area contributed by atoms with E-state index < -0.39 is 27.0 Å². The Bertz CT molecular complexity index is 1080. The quantitative estimate of drug-likeness (QED) is 0.347. The molecule has 1 nitrogen and oxygen atoms in total. The van der Waals surface area contributed by atoms with Crippen LogP contribution in [0.1, 0.15) is 16.7 Å². The first-order valence-corrected chi connectivity index (χ1v) is 10.6. The summed E-state index contributed by atoms with van der Waals surface area (Å²) in [6, 6.07) is 15.5. The minimum atomic E-state index is -0.531. The third-order valence-corrected chi connectivity index (χ3v) is 7.24. The van der Waals surface area contributed by atoms with Gasteiger partial charge in [0.1, 0.15) is 0 Å². The Kier molecular flexibility index (Phi) is 4.23. The molecule has 0 atom stereocenters. The first kappa shape index (κ1) is 16.5. The van der Waals surface area contributed by atoms with Crippen molar-refractivity contribution in [2.75, 3.05) is 0 Å². The maximum absolute atomic E-state index is 14.9. The Morgan fingerprint density at radius 3 is 2.16 bits per heavy atom. The molecular formula is C21H16F2IO-. The predicted octanol–water partition coefficient (Wildman–Crippen LogP) is 2.94. The van der Waals surface area contributed by atoms with Crippen LogP contribution in [-0.4, -0.2) is 0 Å². The van der Waals surface area contributed by atoms with Crippen molar-refractivity contribution < 1.29 is 34.4 Å². The molecule has 0 fully saturated rings. The van der Waals surface area contributed by atoms with Crippen molar-refractivity contribution in [2.45, 2.75) is 18.3 Å². The molecule has 128 valence electrons. The number of hydrogen-bond donors (Lipinski definition) is 0. The first-order chi connectivity index (χ1) is 12.0. The van der Waals surface area contributed by atoms with Gasteiger partial charge < -0.3 is 0 Å². The molecule has 0 amide bonds. The standard InChI is InChI=1S/C21H16F2IO/c1-12-3-6-14(7-4-12)11-24-17-10-9-16-15-8-5-13(2)18(22)20(15)25-21(16)19(17)23/h3-10H,11H2,1-2H3/q-1. The summed E-state index contributed by atoms with van der Waals surface area (Å²) in [5.74, 6) is -0.755. The van der Waals surface area contributed by atoms with Gasteiger partial charge >= 0.3 is 155 Å². The number of hydrogen-bond acceptors (Lipinski definition) is 1. The van der Waals surface area contributed by atoms with E-state index >= 15 is 0 Å². The molecule has 0 unspecified atom stereocenters. The average molecular weight is 449 g/mol. The van der Waals surface area contributed by atoms with Crippen molar-refractivity contribution in [3.05, 3.63) is 80.4 Å². The van der Waals surface area contributed by atoms with E-state index in [-0.39, 0.29) is 17.0 Å². The Balaban J connectivity index is 1.73. The Labute approximate surface area is 154 Å². The van der Waals surface area contributed by atoms with Crippen molar-refractivity contribution in [2.24, 2.45) is 0 Å². The number of alkyl halides is 1. The normalized spacial score (nSPS) is 11.7. The van der Waals surface area contributed by atoms with Crippen molar-refractivity contribution in [3.8, 4) is 0 Å². The summed E-state index contributed by atoms with van der Waals surface area (Å²) in [5.41, 5.74) is 3.24. The number of fused-ring (bicyclic) bond motifs is 3. The van der Waals surface area contributed by atoms with Gasteiger partial charge in [0.2, 0.25) is 0 Å². The van der Waals surface area contributed by atoms with E-state index in [0.29, 0.717) is 19.9 Å². The van der Waals surface area contributed by atoms with Crippen LogP contribution in [0.25, 0.3) is 21.9 Å². The fraction of sp³-hybridized carbons (Fsp3) is 0.143. The Morgan fingerprint density at radius 2 is 1.44 bits per heavy atom. The second kappa shape index (κ2) is 6.41. The predicted molar refractivity (Wildman–Crippen MR) is 92.0 cm³/mol. The Hall–Kier alpha value is -1.95. The fourth-order valence-corrected chi connectivity index (χ4v) is 5.22. The molecule has 0 radical (unpaired) electrons. The summed E-state index contributed by atoms with van der Waals surface area (Å²) in [4.78, 5) is 0. The molecule has 1 heterocycles. The van der Waals surface area contributed by atoms with Gasteiger partial charge in [0.25, 0.3) is 0 Å². The number of benzene rings is 3. The van der Waals surface area contributed by atoms with Crippen LogP contribution >= 0.6 is 0 Å². The van der Waals surface area contributed by atoms with Crippen LogP contribution < -0.4 is 21.2 Å². The van der Waals surface area contributed by atoms with Gasteiger partial charge in [-0.05, 0) is 0 Å². The molecule has 0 N–H and O–H groups in total. The van der Waals surface area contributed by atoms with Crippen molar-refractivity contribution in [1.82, 2.24) is 0 Å². The molecule has 0 aliphatic heterocycles. The molecule has 0 saturated heterocycles. The number of aryl methyl sites for hydroxylation is 2. The second-order valence-corrected chi connectivity index (χ2v) is 8.85. The van der Waals surface area contributed by atoms with Crippen LogP contribution in [0.5, 0.6) is 0 Å². The molecule has 0 aliphatic carbocycles. The van der Waals surface area contributed by atoms with Gasteiger partial charge in [-0.2, -0.15) is 0 Å². The van der Waals surface area contributed by atoms with Crippen molar-refractivity contribution in [3.63, 3.8) is 0 Å². The zero-order valence-corrected chi connectivity index (χ0v) is 16.0. The molecule has 0 aliphatic rings. The summed E-state index contributed by atoms with van der Waals surface area (Å²) in [6.07, 6.45) is 0. The van der Waals surface area contributed by atoms with Crippen LogP contribution in [0.4, 0.5) is 8.78 Å². The molecular weight excluding hydrogens is 433 g/mol. The van der Waals surface area contributed by atoms with Gasteiger partial charge in [0, 0.05) is 0 Å². The third kappa shape index (κ3) is 2.92. The number of furan rings is 1. The third-order valence-electron chi connectivity index (χ3n) is 4.32.